The number of furan rings is 1. The lowest BCUT2D eigenvalue weighted by Gasteiger charge is -2.21. The summed E-state index contributed by atoms with van der Waals surface area (Å²) in [6, 6.07) is 11.7. The molecule has 6 heteroatoms. The second kappa shape index (κ2) is 7.98. The normalized spacial score (nSPS) is 13.7. The van der Waals surface area contributed by atoms with Gasteiger partial charge in [-0.25, -0.2) is 4.79 Å². The summed E-state index contributed by atoms with van der Waals surface area (Å²) in [7, 11) is 0. The van der Waals surface area contributed by atoms with Crippen LogP contribution in [0.3, 0.4) is 0 Å². The van der Waals surface area contributed by atoms with Gasteiger partial charge in [-0.05, 0) is 37.5 Å². The maximum Gasteiger partial charge on any atom is 0.321 e. The first-order valence-corrected chi connectivity index (χ1v) is 8.50. The highest BCUT2D eigenvalue weighted by Crippen LogP contribution is 2.28. The van der Waals surface area contributed by atoms with E-state index in [1.807, 2.05) is 6.07 Å². The van der Waals surface area contributed by atoms with E-state index in [4.69, 9.17) is 4.42 Å². The van der Waals surface area contributed by atoms with E-state index in [-0.39, 0.29) is 19.0 Å². The molecule has 0 radical (unpaired) electrons. The number of benzene rings is 1. The van der Waals surface area contributed by atoms with Crippen LogP contribution in [0.5, 0.6) is 0 Å². The standard InChI is InChI=1S/C19H23N3O3/c1-14-4-2-5-15(10-14)12-22(16-7-8-16)13-18(23)21-19(24)20-11-17-6-3-9-25-17/h2-6,9-10,16H,7-8,11-13H2,1H3,(H2,20,21,23,24). The summed E-state index contributed by atoms with van der Waals surface area (Å²) < 4.78 is 5.13. The second-order valence-corrected chi connectivity index (χ2v) is 6.44. The molecule has 2 N–H and O–H groups in total. The van der Waals surface area contributed by atoms with Crippen LogP contribution in [0, 0.1) is 6.92 Å². The predicted octanol–water partition coefficient (Wildman–Crippen LogP) is 2.58. The van der Waals surface area contributed by atoms with E-state index in [2.05, 4.69) is 40.7 Å². The minimum absolute atomic E-state index is 0.215. The molecule has 1 aliphatic rings. The number of nitrogens with zero attached hydrogens (tertiary/aromatic N) is 1. The molecule has 0 atom stereocenters. The van der Waals surface area contributed by atoms with Gasteiger partial charge in [0.05, 0.1) is 19.4 Å². The Morgan fingerprint density at radius 1 is 1.24 bits per heavy atom. The van der Waals surface area contributed by atoms with Gasteiger partial charge < -0.3 is 9.73 Å². The molecule has 1 aromatic carbocycles. The highest BCUT2D eigenvalue weighted by molar-refractivity contribution is 5.95. The van der Waals surface area contributed by atoms with Crippen LogP contribution in [-0.2, 0) is 17.9 Å². The van der Waals surface area contributed by atoms with Crippen LogP contribution in [0.4, 0.5) is 4.79 Å². The third-order valence-electron chi connectivity index (χ3n) is 4.13. The zero-order valence-electron chi connectivity index (χ0n) is 14.3. The van der Waals surface area contributed by atoms with Crippen molar-refractivity contribution in [1.82, 2.24) is 15.5 Å². The van der Waals surface area contributed by atoms with Crippen molar-refractivity contribution in [1.29, 1.82) is 0 Å². The summed E-state index contributed by atoms with van der Waals surface area (Å²) in [6.07, 6.45) is 3.74. The van der Waals surface area contributed by atoms with Crippen molar-refractivity contribution < 1.29 is 14.0 Å². The summed E-state index contributed by atoms with van der Waals surface area (Å²) in [5.41, 5.74) is 2.39. The highest BCUT2D eigenvalue weighted by Gasteiger charge is 2.30. The second-order valence-electron chi connectivity index (χ2n) is 6.44. The molecule has 0 aliphatic heterocycles. The maximum absolute atomic E-state index is 12.2. The Morgan fingerprint density at radius 3 is 2.76 bits per heavy atom. The number of urea groups is 1. The number of amides is 3. The lowest BCUT2D eigenvalue weighted by atomic mass is 10.1. The number of aryl methyl sites for hydroxylation is 1. The van der Waals surface area contributed by atoms with Crippen LogP contribution in [-0.4, -0.2) is 29.4 Å². The largest absolute Gasteiger partial charge is 0.467 e. The van der Waals surface area contributed by atoms with Gasteiger partial charge in [0.1, 0.15) is 5.76 Å². The molecule has 0 bridgehead atoms. The summed E-state index contributed by atoms with van der Waals surface area (Å²) in [4.78, 5) is 26.1. The van der Waals surface area contributed by atoms with Crippen molar-refractivity contribution in [2.75, 3.05) is 6.54 Å². The third kappa shape index (κ3) is 5.46. The molecule has 6 nitrogen and oxygen atoms in total. The Hall–Kier alpha value is -2.60. The number of hydrogen-bond donors (Lipinski definition) is 2. The Kier molecular flexibility index (Phi) is 5.50. The maximum atomic E-state index is 12.2. The Balaban J connectivity index is 1.48. The molecule has 1 aromatic heterocycles. The van der Waals surface area contributed by atoms with Gasteiger partial charge in [0, 0.05) is 12.6 Å². The van der Waals surface area contributed by atoms with E-state index in [0.29, 0.717) is 18.3 Å². The van der Waals surface area contributed by atoms with Gasteiger partial charge in [-0.1, -0.05) is 29.8 Å². The first-order chi connectivity index (χ1) is 12.1. The quantitative estimate of drug-likeness (QED) is 0.812. The zero-order valence-corrected chi connectivity index (χ0v) is 14.3. The number of imide groups is 1. The number of carbonyl (C=O) groups is 2. The molecule has 0 saturated heterocycles. The average molecular weight is 341 g/mol. The smallest absolute Gasteiger partial charge is 0.321 e. The van der Waals surface area contributed by atoms with Crippen molar-refractivity contribution >= 4 is 11.9 Å². The highest BCUT2D eigenvalue weighted by atomic mass is 16.3. The van der Waals surface area contributed by atoms with Crippen molar-refractivity contribution in [2.24, 2.45) is 0 Å². The molecule has 3 rings (SSSR count). The molecule has 0 spiro atoms. The first-order valence-electron chi connectivity index (χ1n) is 8.50. The van der Waals surface area contributed by atoms with E-state index >= 15 is 0 Å². The first kappa shape index (κ1) is 17.2. The topological polar surface area (TPSA) is 74.6 Å². The molecule has 25 heavy (non-hydrogen) atoms. The van der Waals surface area contributed by atoms with Crippen molar-refractivity contribution in [3.63, 3.8) is 0 Å². The molecule has 132 valence electrons. The Morgan fingerprint density at radius 2 is 2.08 bits per heavy atom. The number of carbonyl (C=O) groups excluding carboxylic acids is 2. The monoisotopic (exact) mass is 341 g/mol. The third-order valence-corrected chi connectivity index (χ3v) is 4.13. The predicted molar refractivity (Wildman–Crippen MR) is 93.7 cm³/mol. The number of rotatable bonds is 7. The van der Waals surface area contributed by atoms with Crippen LogP contribution >= 0.6 is 0 Å². The minimum Gasteiger partial charge on any atom is -0.467 e. The van der Waals surface area contributed by atoms with Crippen LogP contribution in [0.15, 0.2) is 47.1 Å². The van der Waals surface area contributed by atoms with Crippen LogP contribution < -0.4 is 10.6 Å². The fourth-order valence-corrected chi connectivity index (χ4v) is 2.77. The van der Waals surface area contributed by atoms with E-state index in [1.54, 1.807) is 18.4 Å². The summed E-state index contributed by atoms with van der Waals surface area (Å²) in [5.74, 6) is 0.346. The summed E-state index contributed by atoms with van der Waals surface area (Å²) in [5, 5.41) is 4.99. The van der Waals surface area contributed by atoms with Crippen LogP contribution in [0.2, 0.25) is 0 Å². The van der Waals surface area contributed by atoms with E-state index in [9.17, 15) is 9.59 Å². The van der Waals surface area contributed by atoms with E-state index in [1.165, 1.54) is 11.1 Å². The van der Waals surface area contributed by atoms with Crippen LogP contribution in [0.25, 0.3) is 0 Å². The minimum atomic E-state index is -0.507. The Labute approximate surface area is 147 Å². The molecule has 1 fully saturated rings. The lowest BCUT2D eigenvalue weighted by molar-refractivity contribution is -0.121. The van der Waals surface area contributed by atoms with Crippen LogP contribution in [0.1, 0.15) is 29.7 Å². The SMILES string of the molecule is Cc1cccc(CN(CC(=O)NC(=O)NCc2ccco2)C2CC2)c1. The van der Waals surface area contributed by atoms with E-state index in [0.717, 1.165) is 12.8 Å². The molecular weight excluding hydrogens is 318 g/mol. The molecule has 0 unspecified atom stereocenters. The molecular formula is C19H23N3O3. The van der Waals surface area contributed by atoms with Gasteiger partial charge in [-0.3, -0.25) is 15.0 Å². The van der Waals surface area contributed by atoms with Gasteiger partial charge in [0.2, 0.25) is 5.91 Å². The van der Waals surface area contributed by atoms with Gasteiger partial charge in [-0.15, -0.1) is 0 Å². The fourth-order valence-electron chi connectivity index (χ4n) is 2.77. The van der Waals surface area contributed by atoms with Crippen molar-refractivity contribution in [3.8, 4) is 0 Å². The van der Waals surface area contributed by atoms with Gasteiger partial charge in [-0.2, -0.15) is 0 Å². The molecule has 3 amide bonds. The van der Waals surface area contributed by atoms with Crippen molar-refractivity contribution in [2.45, 2.75) is 38.9 Å². The summed E-state index contributed by atoms with van der Waals surface area (Å²) in [6.45, 7) is 3.24. The molecule has 2 aromatic rings. The van der Waals surface area contributed by atoms with Gasteiger partial charge >= 0.3 is 6.03 Å². The van der Waals surface area contributed by atoms with Gasteiger partial charge in [0.25, 0.3) is 0 Å². The molecule has 1 saturated carbocycles. The number of nitrogens with one attached hydrogen (secondary N) is 2. The van der Waals surface area contributed by atoms with Crippen molar-refractivity contribution in [3.05, 3.63) is 59.5 Å². The lowest BCUT2D eigenvalue weighted by Crippen LogP contribution is -2.44. The average Bonchev–Trinajstić information content (AvgIpc) is 3.28. The molecule has 1 aliphatic carbocycles. The Bertz CT molecular complexity index is 723. The van der Waals surface area contributed by atoms with Gasteiger partial charge in [0.15, 0.2) is 0 Å². The zero-order chi connectivity index (χ0) is 17.6. The van der Waals surface area contributed by atoms with E-state index < -0.39 is 6.03 Å². The molecule has 1 heterocycles. The summed E-state index contributed by atoms with van der Waals surface area (Å²) >= 11 is 0. The number of hydrogen-bond acceptors (Lipinski definition) is 4. The fraction of sp³-hybridized carbons (Fsp3) is 0.368.